The van der Waals surface area contributed by atoms with E-state index in [0.717, 1.165) is 45.4 Å². The molecule has 0 aliphatic carbocycles. The van der Waals surface area contributed by atoms with Crippen molar-refractivity contribution in [1.82, 2.24) is 10.2 Å². The summed E-state index contributed by atoms with van der Waals surface area (Å²) in [5.41, 5.74) is 0. The molecule has 2 rings (SSSR count). The van der Waals surface area contributed by atoms with E-state index in [9.17, 15) is 0 Å². The van der Waals surface area contributed by atoms with E-state index in [1.807, 2.05) is 0 Å². The van der Waals surface area contributed by atoms with Gasteiger partial charge >= 0.3 is 0 Å². The molecule has 0 aromatic rings. The van der Waals surface area contributed by atoms with Crippen LogP contribution in [0.25, 0.3) is 0 Å². The maximum Gasteiger partial charge on any atom is 0.0936 e. The lowest BCUT2D eigenvalue weighted by atomic mass is 10.1. The molecule has 0 spiro atoms. The van der Waals surface area contributed by atoms with Gasteiger partial charge in [-0.3, -0.25) is 0 Å². The Labute approximate surface area is 98.3 Å². The summed E-state index contributed by atoms with van der Waals surface area (Å²) < 4.78 is 11.1. The van der Waals surface area contributed by atoms with Gasteiger partial charge in [-0.05, 0) is 32.0 Å². The third-order valence-corrected chi connectivity index (χ3v) is 3.24. The molecule has 2 saturated heterocycles. The Morgan fingerprint density at radius 3 is 3.12 bits per heavy atom. The molecular formula is C12H24N2O2. The Hall–Kier alpha value is -0.160. The molecule has 0 radical (unpaired) electrons. The first kappa shape index (κ1) is 12.3. The van der Waals surface area contributed by atoms with Gasteiger partial charge in [0.05, 0.1) is 25.9 Å². The highest BCUT2D eigenvalue weighted by molar-refractivity contribution is 4.73. The Balaban J connectivity index is 1.76. The normalized spacial score (nSPS) is 34.3. The lowest BCUT2D eigenvalue weighted by molar-refractivity contribution is -0.0985. The van der Waals surface area contributed by atoms with Gasteiger partial charge < -0.3 is 19.7 Å². The third kappa shape index (κ3) is 4.01. The van der Waals surface area contributed by atoms with Crippen molar-refractivity contribution in [2.75, 3.05) is 52.5 Å². The monoisotopic (exact) mass is 228 g/mol. The van der Waals surface area contributed by atoms with Crippen LogP contribution in [0.15, 0.2) is 0 Å². The average molecular weight is 228 g/mol. The zero-order valence-corrected chi connectivity index (χ0v) is 10.3. The minimum absolute atomic E-state index is 0.285. The largest absolute Gasteiger partial charge is 0.376 e. The smallest absolute Gasteiger partial charge is 0.0936 e. The van der Waals surface area contributed by atoms with Gasteiger partial charge in [-0.25, -0.2) is 0 Å². The molecule has 2 heterocycles. The van der Waals surface area contributed by atoms with E-state index in [-0.39, 0.29) is 6.10 Å². The van der Waals surface area contributed by atoms with E-state index >= 15 is 0 Å². The summed E-state index contributed by atoms with van der Waals surface area (Å²) in [6, 6.07) is 0. The highest BCUT2D eigenvalue weighted by atomic mass is 16.6. The summed E-state index contributed by atoms with van der Waals surface area (Å²) in [6.45, 7) is 10.3. The molecule has 2 atom stereocenters. The van der Waals surface area contributed by atoms with Crippen LogP contribution in [0.1, 0.15) is 13.3 Å². The number of nitrogens with zero attached hydrogens (tertiary/aromatic N) is 1. The minimum Gasteiger partial charge on any atom is -0.376 e. The Morgan fingerprint density at radius 1 is 1.38 bits per heavy atom. The van der Waals surface area contributed by atoms with Gasteiger partial charge in [0, 0.05) is 13.1 Å². The van der Waals surface area contributed by atoms with Crippen molar-refractivity contribution < 1.29 is 9.47 Å². The van der Waals surface area contributed by atoms with Crippen LogP contribution in [0.2, 0.25) is 0 Å². The van der Waals surface area contributed by atoms with Crippen molar-refractivity contribution in [2.24, 2.45) is 5.92 Å². The molecule has 2 unspecified atom stereocenters. The number of nitrogens with one attached hydrogen (secondary N) is 1. The van der Waals surface area contributed by atoms with Crippen LogP contribution in [0.3, 0.4) is 0 Å². The number of hydrogen-bond donors (Lipinski definition) is 1. The van der Waals surface area contributed by atoms with Crippen LogP contribution in [0, 0.1) is 5.92 Å². The fourth-order valence-electron chi connectivity index (χ4n) is 2.47. The molecule has 0 aromatic carbocycles. The average Bonchev–Trinajstić information content (AvgIpc) is 2.27. The van der Waals surface area contributed by atoms with Gasteiger partial charge in [-0.1, -0.05) is 6.92 Å². The Bertz CT molecular complexity index is 195. The molecule has 0 aromatic heterocycles. The Morgan fingerprint density at radius 2 is 2.31 bits per heavy atom. The second-order valence-electron chi connectivity index (χ2n) is 4.99. The second kappa shape index (κ2) is 6.55. The van der Waals surface area contributed by atoms with Crippen LogP contribution < -0.4 is 5.32 Å². The maximum atomic E-state index is 5.71. The fraction of sp³-hybridized carbons (Fsp3) is 1.00. The fourth-order valence-corrected chi connectivity index (χ4v) is 2.47. The van der Waals surface area contributed by atoms with Gasteiger partial charge in [0.25, 0.3) is 0 Å². The van der Waals surface area contributed by atoms with Crippen LogP contribution in [-0.2, 0) is 9.47 Å². The van der Waals surface area contributed by atoms with Gasteiger partial charge in [-0.15, -0.1) is 0 Å². The number of hydrogen-bond acceptors (Lipinski definition) is 4. The van der Waals surface area contributed by atoms with Gasteiger partial charge in [-0.2, -0.15) is 0 Å². The van der Waals surface area contributed by atoms with Crippen molar-refractivity contribution in [3.8, 4) is 0 Å². The minimum atomic E-state index is 0.285. The predicted molar refractivity (Wildman–Crippen MR) is 63.6 cm³/mol. The highest BCUT2D eigenvalue weighted by Crippen LogP contribution is 2.08. The van der Waals surface area contributed by atoms with Crippen molar-refractivity contribution >= 4 is 0 Å². The zero-order chi connectivity index (χ0) is 11.2. The standard InChI is InChI=1S/C12H24N2O2/c1-11-7-13-3-2-4-14(8-11)9-12-10-15-5-6-16-12/h11-13H,2-10H2,1H3. The van der Waals surface area contributed by atoms with E-state index in [4.69, 9.17) is 9.47 Å². The molecule has 2 aliphatic heterocycles. The SMILES string of the molecule is CC1CNCCCN(CC2COCCO2)C1. The number of ether oxygens (including phenoxy) is 2. The first-order valence-electron chi connectivity index (χ1n) is 6.47. The predicted octanol–water partition coefficient (Wildman–Crippen LogP) is 0.333. The molecule has 4 heteroatoms. The van der Waals surface area contributed by atoms with Crippen molar-refractivity contribution in [1.29, 1.82) is 0 Å². The molecular weight excluding hydrogens is 204 g/mol. The van der Waals surface area contributed by atoms with Gasteiger partial charge in [0.1, 0.15) is 0 Å². The molecule has 16 heavy (non-hydrogen) atoms. The molecule has 94 valence electrons. The zero-order valence-electron chi connectivity index (χ0n) is 10.3. The van der Waals surface area contributed by atoms with Crippen molar-refractivity contribution in [2.45, 2.75) is 19.4 Å². The maximum absolute atomic E-state index is 5.71. The van der Waals surface area contributed by atoms with Crippen LogP contribution in [0.5, 0.6) is 0 Å². The van der Waals surface area contributed by atoms with Crippen LogP contribution in [-0.4, -0.2) is 63.5 Å². The summed E-state index contributed by atoms with van der Waals surface area (Å²) >= 11 is 0. The summed E-state index contributed by atoms with van der Waals surface area (Å²) in [4.78, 5) is 2.53. The van der Waals surface area contributed by atoms with Crippen LogP contribution >= 0.6 is 0 Å². The molecule has 1 N–H and O–H groups in total. The molecule has 2 aliphatic rings. The lowest BCUT2D eigenvalue weighted by Gasteiger charge is -2.33. The summed E-state index contributed by atoms with van der Waals surface area (Å²) in [5, 5.41) is 3.48. The molecule has 0 saturated carbocycles. The van der Waals surface area contributed by atoms with E-state index in [1.54, 1.807) is 0 Å². The molecule has 0 amide bonds. The third-order valence-electron chi connectivity index (χ3n) is 3.24. The summed E-state index contributed by atoms with van der Waals surface area (Å²) in [6.07, 6.45) is 1.52. The topological polar surface area (TPSA) is 33.7 Å². The quantitative estimate of drug-likeness (QED) is 0.739. The first-order chi connectivity index (χ1) is 7.84. The van der Waals surface area contributed by atoms with Crippen LogP contribution in [0.4, 0.5) is 0 Å². The van der Waals surface area contributed by atoms with Gasteiger partial charge in [0.15, 0.2) is 0 Å². The Kier molecular flexibility index (Phi) is 5.03. The molecule has 2 fully saturated rings. The van der Waals surface area contributed by atoms with Gasteiger partial charge in [0.2, 0.25) is 0 Å². The van der Waals surface area contributed by atoms with Crippen molar-refractivity contribution in [3.05, 3.63) is 0 Å². The second-order valence-corrected chi connectivity index (χ2v) is 4.99. The first-order valence-corrected chi connectivity index (χ1v) is 6.47. The van der Waals surface area contributed by atoms with Crippen molar-refractivity contribution in [3.63, 3.8) is 0 Å². The molecule has 0 bridgehead atoms. The highest BCUT2D eigenvalue weighted by Gasteiger charge is 2.20. The number of rotatable bonds is 2. The lowest BCUT2D eigenvalue weighted by Crippen LogP contribution is -2.45. The van der Waals surface area contributed by atoms with E-state index in [2.05, 4.69) is 17.1 Å². The van der Waals surface area contributed by atoms with E-state index in [1.165, 1.54) is 19.5 Å². The summed E-state index contributed by atoms with van der Waals surface area (Å²) in [5.74, 6) is 0.727. The summed E-state index contributed by atoms with van der Waals surface area (Å²) in [7, 11) is 0. The van der Waals surface area contributed by atoms with E-state index < -0.39 is 0 Å². The van der Waals surface area contributed by atoms with E-state index in [0.29, 0.717) is 0 Å². The molecule has 4 nitrogen and oxygen atoms in total.